The Morgan fingerprint density at radius 2 is 1.39 bits per heavy atom. The van der Waals surface area contributed by atoms with Gasteiger partial charge in [0.15, 0.2) is 5.69 Å². The Labute approximate surface area is 184 Å². The summed E-state index contributed by atoms with van der Waals surface area (Å²) in [5, 5.41) is 10.6. The van der Waals surface area contributed by atoms with Gasteiger partial charge in [-0.15, -0.1) is 0 Å². The van der Waals surface area contributed by atoms with E-state index in [1.54, 1.807) is 59.3 Å². The fourth-order valence-corrected chi connectivity index (χ4v) is 3.23. The molecule has 31 heavy (non-hydrogen) atoms. The van der Waals surface area contributed by atoms with Gasteiger partial charge in [0.2, 0.25) is 0 Å². The molecule has 0 fully saturated rings. The highest BCUT2D eigenvalue weighted by molar-refractivity contribution is 6.30. The molecular formula is C24H19ClN4O2. The Balaban J connectivity index is 1.53. The van der Waals surface area contributed by atoms with Gasteiger partial charge in [0, 0.05) is 16.3 Å². The van der Waals surface area contributed by atoms with Crippen molar-refractivity contribution in [1.29, 1.82) is 0 Å². The fourth-order valence-electron chi connectivity index (χ4n) is 3.10. The quantitative estimate of drug-likeness (QED) is 0.448. The predicted molar refractivity (Wildman–Crippen MR) is 122 cm³/mol. The van der Waals surface area contributed by atoms with Crippen molar-refractivity contribution in [2.75, 3.05) is 10.6 Å². The van der Waals surface area contributed by atoms with Crippen LogP contribution in [0.2, 0.25) is 5.02 Å². The number of nitrogens with zero attached hydrogens (tertiary/aromatic N) is 2. The maximum absolute atomic E-state index is 12.8. The number of hydrogen-bond donors (Lipinski definition) is 2. The van der Waals surface area contributed by atoms with Crippen LogP contribution in [0, 0.1) is 6.92 Å². The third-order valence-corrected chi connectivity index (χ3v) is 4.90. The number of carbonyl (C=O) groups is 2. The highest BCUT2D eigenvalue weighted by Crippen LogP contribution is 2.23. The van der Waals surface area contributed by atoms with E-state index in [0.29, 0.717) is 22.0 Å². The van der Waals surface area contributed by atoms with Crippen LogP contribution in [0.5, 0.6) is 0 Å². The molecule has 154 valence electrons. The van der Waals surface area contributed by atoms with Crippen molar-refractivity contribution in [1.82, 2.24) is 9.78 Å². The lowest BCUT2D eigenvalue weighted by Crippen LogP contribution is -2.17. The zero-order chi connectivity index (χ0) is 21.8. The minimum atomic E-state index is -0.369. The SMILES string of the molecule is Cc1cc(C(=O)Nc2ccccc2NC(=O)c2ccc(Cl)cc2)nn1-c1ccccc1. The van der Waals surface area contributed by atoms with E-state index in [1.807, 2.05) is 37.3 Å². The molecule has 0 aliphatic heterocycles. The Hall–Kier alpha value is -3.90. The molecule has 1 aromatic heterocycles. The summed E-state index contributed by atoms with van der Waals surface area (Å²) in [6, 6.07) is 24.9. The number of halogens is 1. The summed E-state index contributed by atoms with van der Waals surface area (Å²) in [4.78, 5) is 25.4. The summed E-state index contributed by atoms with van der Waals surface area (Å²) in [6.45, 7) is 1.89. The molecule has 0 aliphatic carbocycles. The highest BCUT2D eigenvalue weighted by Gasteiger charge is 2.16. The maximum atomic E-state index is 12.8. The smallest absolute Gasteiger partial charge is 0.276 e. The van der Waals surface area contributed by atoms with Crippen LogP contribution in [0.25, 0.3) is 5.69 Å². The number of nitrogens with one attached hydrogen (secondary N) is 2. The predicted octanol–water partition coefficient (Wildman–Crippen LogP) is 5.34. The number of para-hydroxylation sites is 3. The monoisotopic (exact) mass is 430 g/mol. The van der Waals surface area contributed by atoms with Crippen LogP contribution in [0.4, 0.5) is 11.4 Å². The van der Waals surface area contributed by atoms with E-state index in [4.69, 9.17) is 11.6 Å². The van der Waals surface area contributed by atoms with Gasteiger partial charge in [-0.3, -0.25) is 9.59 Å². The molecule has 2 N–H and O–H groups in total. The molecule has 4 rings (SSSR count). The van der Waals surface area contributed by atoms with Gasteiger partial charge in [-0.25, -0.2) is 4.68 Å². The van der Waals surface area contributed by atoms with Crippen molar-refractivity contribution in [3.8, 4) is 5.69 Å². The van der Waals surface area contributed by atoms with Gasteiger partial charge in [0.1, 0.15) is 0 Å². The van der Waals surface area contributed by atoms with Crippen molar-refractivity contribution < 1.29 is 9.59 Å². The number of rotatable bonds is 5. The van der Waals surface area contributed by atoms with E-state index in [2.05, 4.69) is 15.7 Å². The van der Waals surface area contributed by atoms with Gasteiger partial charge < -0.3 is 10.6 Å². The second kappa shape index (κ2) is 8.85. The highest BCUT2D eigenvalue weighted by atomic mass is 35.5. The number of aryl methyl sites for hydroxylation is 1. The molecule has 0 saturated heterocycles. The molecule has 0 spiro atoms. The third-order valence-electron chi connectivity index (χ3n) is 4.65. The lowest BCUT2D eigenvalue weighted by atomic mass is 10.2. The Morgan fingerprint density at radius 1 is 0.806 bits per heavy atom. The largest absolute Gasteiger partial charge is 0.320 e. The van der Waals surface area contributed by atoms with Crippen molar-refractivity contribution in [2.45, 2.75) is 6.92 Å². The number of aromatic nitrogens is 2. The molecule has 4 aromatic rings. The van der Waals surface area contributed by atoms with E-state index >= 15 is 0 Å². The first kappa shape index (κ1) is 20.4. The van der Waals surface area contributed by atoms with Crippen LogP contribution in [0.1, 0.15) is 26.5 Å². The second-order valence-corrected chi connectivity index (χ2v) is 7.32. The zero-order valence-electron chi connectivity index (χ0n) is 16.7. The van der Waals surface area contributed by atoms with Gasteiger partial charge in [0.05, 0.1) is 17.1 Å². The first-order valence-corrected chi connectivity index (χ1v) is 9.98. The lowest BCUT2D eigenvalue weighted by Gasteiger charge is -2.12. The molecule has 2 amide bonds. The number of benzene rings is 3. The van der Waals surface area contributed by atoms with Crippen LogP contribution >= 0.6 is 11.6 Å². The third kappa shape index (κ3) is 4.65. The summed E-state index contributed by atoms with van der Waals surface area (Å²) in [5.41, 5.74) is 3.40. The first-order valence-electron chi connectivity index (χ1n) is 9.60. The molecule has 1 heterocycles. The molecule has 7 heteroatoms. The topological polar surface area (TPSA) is 76.0 Å². The Morgan fingerprint density at radius 3 is 2.03 bits per heavy atom. The normalized spacial score (nSPS) is 10.5. The summed E-state index contributed by atoms with van der Waals surface area (Å²) in [7, 11) is 0. The van der Waals surface area contributed by atoms with Crippen molar-refractivity contribution in [2.24, 2.45) is 0 Å². The molecule has 6 nitrogen and oxygen atoms in total. The van der Waals surface area contributed by atoms with E-state index < -0.39 is 0 Å². The number of anilines is 2. The van der Waals surface area contributed by atoms with Gasteiger partial charge in [0.25, 0.3) is 11.8 Å². The molecular weight excluding hydrogens is 412 g/mol. The van der Waals surface area contributed by atoms with Crippen molar-refractivity contribution in [3.63, 3.8) is 0 Å². The molecule has 0 atom stereocenters. The average molecular weight is 431 g/mol. The lowest BCUT2D eigenvalue weighted by molar-refractivity contribution is 0.101. The Bertz CT molecular complexity index is 1230. The molecule has 3 aromatic carbocycles. The van der Waals surface area contributed by atoms with E-state index in [9.17, 15) is 9.59 Å². The summed E-state index contributed by atoms with van der Waals surface area (Å²) < 4.78 is 1.71. The summed E-state index contributed by atoms with van der Waals surface area (Å²) in [6.07, 6.45) is 0. The standard InChI is InChI=1S/C24H19ClN4O2/c1-16-15-22(28-29(16)19-7-3-2-4-8-19)24(31)27-21-10-6-5-9-20(21)26-23(30)17-11-13-18(25)14-12-17/h2-15H,1H3,(H,26,30)(H,27,31). The minimum absolute atomic E-state index is 0.278. The van der Waals surface area contributed by atoms with Crippen LogP contribution in [0.15, 0.2) is 84.9 Å². The van der Waals surface area contributed by atoms with Crippen LogP contribution in [0.3, 0.4) is 0 Å². The summed E-state index contributed by atoms with van der Waals surface area (Å²) >= 11 is 5.88. The summed E-state index contributed by atoms with van der Waals surface area (Å²) in [5.74, 6) is -0.673. The molecule has 0 saturated carbocycles. The second-order valence-electron chi connectivity index (χ2n) is 6.88. The molecule has 0 radical (unpaired) electrons. The van der Waals surface area contributed by atoms with Crippen LogP contribution < -0.4 is 10.6 Å². The van der Waals surface area contributed by atoms with Gasteiger partial charge in [-0.2, -0.15) is 5.10 Å². The molecule has 0 unspecified atom stereocenters. The van der Waals surface area contributed by atoms with Gasteiger partial charge in [-0.1, -0.05) is 41.9 Å². The van der Waals surface area contributed by atoms with E-state index in [1.165, 1.54) is 0 Å². The van der Waals surface area contributed by atoms with Gasteiger partial charge >= 0.3 is 0 Å². The average Bonchev–Trinajstić information content (AvgIpc) is 3.18. The Kier molecular flexibility index (Phi) is 5.82. The fraction of sp³-hybridized carbons (Fsp3) is 0.0417. The van der Waals surface area contributed by atoms with Gasteiger partial charge in [-0.05, 0) is 61.5 Å². The van der Waals surface area contributed by atoms with Crippen LogP contribution in [-0.2, 0) is 0 Å². The van der Waals surface area contributed by atoms with Crippen LogP contribution in [-0.4, -0.2) is 21.6 Å². The number of hydrogen-bond acceptors (Lipinski definition) is 3. The number of amides is 2. The molecule has 0 bridgehead atoms. The minimum Gasteiger partial charge on any atom is -0.320 e. The van der Waals surface area contributed by atoms with Crippen molar-refractivity contribution in [3.05, 3.63) is 107 Å². The maximum Gasteiger partial charge on any atom is 0.276 e. The zero-order valence-corrected chi connectivity index (χ0v) is 17.4. The van der Waals surface area contributed by atoms with E-state index in [0.717, 1.165) is 11.4 Å². The van der Waals surface area contributed by atoms with Crippen molar-refractivity contribution >= 4 is 34.8 Å². The first-order chi connectivity index (χ1) is 15.0. The number of carbonyl (C=O) groups excluding carboxylic acids is 2. The molecule has 0 aliphatic rings. The van der Waals surface area contributed by atoms with E-state index in [-0.39, 0.29) is 17.5 Å².